The lowest BCUT2D eigenvalue weighted by molar-refractivity contribution is -0.142. The Morgan fingerprint density at radius 3 is 3.05 bits per heavy atom. The first-order valence-electron chi connectivity index (χ1n) is 7.81. The number of hydrogen-bond donors (Lipinski definition) is 1. The number of rotatable bonds is 2. The number of aliphatic hydroxyl groups is 1. The van der Waals surface area contributed by atoms with Crippen LogP contribution >= 0.6 is 11.6 Å². The van der Waals surface area contributed by atoms with E-state index in [1.165, 1.54) is 6.42 Å². The van der Waals surface area contributed by atoms with Crippen LogP contribution in [0.25, 0.3) is 0 Å². The molecule has 2 atom stereocenters. The highest BCUT2D eigenvalue weighted by Crippen LogP contribution is 2.39. The molecular formula is C17H22ClNO2. The molecule has 1 heterocycles. The molecule has 4 heteroatoms. The quantitative estimate of drug-likeness (QED) is 0.912. The van der Waals surface area contributed by atoms with E-state index in [1.807, 2.05) is 29.2 Å². The first kappa shape index (κ1) is 14.9. The van der Waals surface area contributed by atoms with Crippen molar-refractivity contribution < 1.29 is 9.90 Å². The summed E-state index contributed by atoms with van der Waals surface area (Å²) < 4.78 is 0. The topological polar surface area (TPSA) is 40.5 Å². The van der Waals surface area contributed by atoms with Crippen molar-refractivity contribution in [1.29, 1.82) is 0 Å². The van der Waals surface area contributed by atoms with E-state index in [0.29, 0.717) is 24.5 Å². The van der Waals surface area contributed by atoms with Crippen LogP contribution in [0.5, 0.6) is 0 Å². The van der Waals surface area contributed by atoms with E-state index in [0.717, 1.165) is 31.2 Å². The number of amides is 1. The summed E-state index contributed by atoms with van der Waals surface area (Å²) in [5.41, 5.74) is 0.433. The molecule has 3 nitrogen and oxygen atoms in total. The Bertz CT molecular complexity index is 533. The molecule has 1 aromatic carbocycles. The average molecular weight is 308 g/mol. The Labute approximate surface area is 130 Å². The summed E-state index contributed by atoms with van der Waals surface area (Å²) >= 11 is 5.97. The molecule has 1 N–H and O–H groups in total. The molecule has 0 radical (unpaired) electrons. The molecule has 0 aromatic heterocycles. The van der Waals surface area contributed by atoms with Crippen LogP contribution in [0.2, 0.25) is 5.02 Å². The lowest BCUT2D eigenvalue weighted by Crippen LogP contribution is -2.54. The summed E-state index contributed by atoms with van der Waals surface area (Å²) in [4.78, 5) is 14.4. The largest absolute Gasteiger partial charge is 0.389 e. The van der Waals surface area contributed by atoms with Crippen molar-refractivity contribution in [2.24, 2.45) is 5.92 Å². The van der Waals surface area contributed by atoms with Crippen LogP contribution in [0, 0.1) is 5.92 Å². The van der Waals surface area contributed by atoms with Gasteiger partial charge in [-0.3, -0.25) is 4.79 Å². The minimum Gasteiger partial charge on any atom is -0.389 e. The van der Waals surface area contributed by atoms with Gasteiger partial charge in [0.2, 0.25) is 5.91 Å². The molecule has 2 aliphatic rings. The fourth-order valence-electron chi connectivity index (χ4n) is 3.73. The second-order valence-electron chi connectivity index (χ2n) is 6.44. The minimum atomic E-state index is -0.523. The van der Waals surface area contributed by atoms with Crippen LogP contribution in [-0.2, 0) is 11.2 Å². The van der Waals surface area contributed by atoms with Gasteiger partial charge in [0, 0.05) is 24.0 Å². The van der Waals surface area contributed by atoms with Gasteiger partial charge >= 0.3 is 0 Å². The molecule has 0 spiro atoms. The van der Waals surface area contributed by atoms with Gasteiger partial charge in [0.15, 0.2) is 0 Å². The predicted molar refractivity (Wildman–Crippen MR) is 83.3 cm³/mol. The summed E-state index contributed by atoms with van der Waals surface area (Å²) in [7, 11) is 0. The summed E-state index contributed by atoms with van der Waals surface area (Å²) in [6.45, 7) is 1.38. The molecular weight excluding hydrogens is 286 g/mol. The highest BCUT2D eigenvalue weighted by molar-refractivity contribution is 6.30. The molecule has 1 aromatic rings. The predicted octanol–water partition coefficient (Wildman–Crippen LogP) is 3.04. The van der Waals surface area contributed by atoms with Crippen molar-refractivity contribution >= 4 is 17.5 Å². The highest BCUT2D eigenvalue weighted by atomic mass is 35.5. The first-order chi connectivity index (χ1) is 10.1. The maximum Gasteiger partial charge on any atom is 0.227 e. The van der Waals surface area contributed by atoms with Crippen molar-refractivity contribution in [1.82, 2.24) is 4.90 Å². The molecule has 1 saturated heterocycles. The van der Waals surface area contributed by atoms with Crippen LogP contribution in [0.3, 0.4) is 0 Å². The smallest absolute Gasteiger partial charge is 0.227 e. The van der Waals surface area contributed by atoms with Crippen molar-refractivity contribution in [2.75, 3.05) is 13.1 Å². The third kappa shape index (κ3) is 3.24. The van der Waals surface area contributed by atoms with Gasteiger partial charge in [-0.25, -0.2) is 0 Å². The van der Waals surface area contributed by atoms with Crippen LogP contribution in [0.4, 0.5) is 0 Å². The summed E-state index contributed by atoms with van der Waals surface area (Å²) in [6.07, 6.45) is 5.34. The van der Waals surface area contributed by atoms with Gasteiger partial charge < -0.3 is 10.0 Å². The first-order valence-corrected chi connectivity index (χ1v) is 8.19. The van der Waals surface area contributed by atoms with E-state index >= 15 is 0 Å². The van der Waals surface area contributed by atoms with Crippen LogP contribution in [-0.4, -0.2) is 34.6 Å². The Kier molecular flexibility index (Phi) is 4.23. The van der Waals surface area contributed by atoms with E-state index in [-0.39, 0.29) is 11.8 Å². The molecule has 1 aliphatic heterocycles. The maximum absolute atomic E-state index is 12.5. The van der Waals surface area contributed by atoms with Gasteiger partial charge in [-0.15, -0.1) is 0 Å². The van der Waals surface area contributed by atoms with E-state index in [4.69, 9.17) is 11.6 Å². The van der Waals surface area contributed by atoms with Gasteiger partial charge in [-0.2, -0.15) is 0 Å². The van der Waals surface area contributed by atoms with Crippen molar-refractivity contribution in [3.8, 4) is 0 Å². The zero-order valence-corrected chi connectivity index (χ0v) is 13.0. The summed E-state index contributed by atoms with van der Waals surface area (Å²) in [5.74, 6) is 0.396. The molecule has 2 fully saturated rings. The molecule has 3 rings (SSSR count). The number of halogens is 1. The monoisotopic (exact) mass is 307 g/mol. The third-order valence-corrected chi connectivity index (χ3v) is 5.26. The van der Waals surface area contributed by atoms with E-state index in [2.05, 4.69) is 0 Å². The summed E-state index contributed by atoms with van der Waals surface area (Å²) in [6, 6.07) is 7.48. The minimum absolute atomic E-state index is 0.143. The van der Waals surface area contributed by atoms with Crippen molar-refractivity contribution in [3.63, 3.8) is 0 Å². The number of likely N-dealkylation sites (tertiary alicyclic amines) is 1. The number of benzene rings is 1. The fraction of sp³-hybridized carbons (Fsp3) is 0.588. The number of fused-ring (bicyclic) bond motifs is 1. The lowest BCUT2D eigenvalue weighted by atomic mass is 9.71. The molecule has 114 valence electrons. The number of carbonyl (C=O) groups excluding carboxylic acids is 1. The van der Waals surface area contributed by atoms with E-state index in [9.17, 15) is 9.90 Å². The molecule has 21 heavy (non-hydrogen) atoms. The zero-order valence-electron chi connectivity index (χ0n) is 12.2. The van der Waals surface area contributed by atoms with Gasteiger partial charge in [0.05, 0.1) is 12.0 Å². The van der Waals surface area contributed by atoms with Gasteiger partial charge in [0.25, 0.3) is 0 Å². The standard InChI is InChI=1S/C17H22ClNO2/c18-15-6-3-4-13(10-15)11-16(20)19-9-8-17(21)7-2-1-5-14(17)12-19/h3-4,6,10,14,21H,1-2,5,7-9,11-12H2. The Morgan fingerprint density at radius 1 is 1.38 bits per heavy atom. The van der Waals surface area contributed by atoms with E-state index < -0.39 is 5.60 Å². The number of piperidine rings is 1. The Hall–Kier alpha value is -1.06. The Balaban J connectivity index is 1.64. The van der Waals surface area contributed by atoms with Gasteiger partial charge in [-0.05, 0) is 37.0 Å². The highest BCUT2D eigenvalue weighted by Gasteiger charge is 2.43. The fourth-order valence-corrected chi connectivity index (χ4v) is 3.94. The molecule has 1 saturated carbocycles. The van der Waals surface area contributed by atoms with Crippen LogP contribution in [0.1, 0.15) is 37.7 Å². The van der Waals surface area contributed by atoms with Crippen LogP contribution < -0.4 is 0 Å². The molecule has 1 amide bonds. The second kappa shape index (κ2) is 5.98. The Morgan fingerprint density at radius 2 is 2.24 bits per heavy atom. The van der Waals surface area contributed by atoms with E-state index in [1.54, 1.807) is 0 Å². The number of nitrogens with zero attached hydrogens (tertiary/aromatic N) is 1. The number of carbonyl (C=O) groups is 1. The SMILES string of the molecule is O=C(Cc1cccc(Cl)c1)N1CCC2(O)CCCCC2C1. The normalized spacial score (nSPS) is 29.0. The molecule has 0 bridgehead atoms. The molecule has 1 aliphatic carbocycles. The maximum atomic E-state index is 12.5. The number of hydrogen-bond acceptors (Lipinski definition) is 2. The van der Waals surface area contributed by atoms with Gasteiger partial charge in [0.1, 0.15) is 0 Å². The second-order valence-corrected chi connectivity index (χ2v) is 6.88. The van der Waals surface area contributed by atoms with Gasteiger partial charge in [-0.1, -0.05) is 36.6 Å². The third-order valence-electron chi connectivity index (χ3n) is 5.02. The average Bonchev–Trinajstić information content (AvgIpc) is 2.46. The van der Waals surface area contributed by atoms with Crippen LogP contribution in [0.15, 0.2) is 24.3 Å². The zero-order chi connectivity index (χ0) is 14.9. The summed E-state index contributed by atoms with van der Waals surface area (Å²) in [5, 5.41) is 11.3. The molecule has 2 unspecified atom stereocenters. The lowest BCUT2D eigenvalue weighted by Gasteiger charge is -2.47. The van der Waals surface area contributed by atoms with Crippen molar-refractivity contribution in [2.45, 2.75) is 44.1 Å². The van der Waals surface area contributed by atoms with Crippen molar-refractivity contribution in [3.05, 3.63) is 34.9 Å².